The van der Waals surface area contributed by atoms with E-state index in [4.69, 9.17) is 10.00 Å². The number of hydrogen-bond acceptors (Lipinski definition) is 5. The number of aryl methyl sites for hydroxylation is 1. The molecule has 0 amide bonds. The summed E-state index contributed by atoms with van der Waals surface area (Å²) >= 11 is 0. The van der Waals surface area contributed by atoms with E-state index in [1.54, 1.807) is 6.07 Å². The van der Waals surface area contributed by atoms with Gasteiger partial charge in [0.25, 0.3) is 0 Å². The second kappa shape index (κ2) is 8.39. The van der Waals surface area contributed by atoms with Gasteiger partial charge in [0.1, 0.15) is 11.9 Å². The van der Waals surface area contributed by atoms with Crippen molar-refractivity contribution in [1.29, 1.82) is 5.26 Å². The summed E-state index contributed by atoms with van der Waals surface area (Å²) in [5.74, 6) is -1.10. The summed E-state index contributed by atoms with van der Waals surface area (Å²) in [5, 5.41) is 8.83. The summed E-state index contributed by atoms with van der Waals surface area (Å²) in [6, 6.07) is 7.77. The molecule has 5 rings (SSSR count). The van der Waals surface area contributed by atoms with E-state index in [2.05, 4.69) is 21.8 Å². The average Bonchev–Trinajstić information content (AvgIpc) is 3.26. The van der Waals surface area contributed by atoms with Crippen LogP contribution in [0.4, 0.5) is 19.1 Å². The second-order valence-corrected chi connectivity index (χ2v) is 8.53. The summed E-state index contributed by atoms with van der Waals surface area (Å²) in [6.45, 7) is 3.90. The molecule has 2 aromatic carbocycles. The number of benzene rings is 2. The van der Waals surface area contributed by atoms with Gasteiger partial charge in [0, 0.05) is 31.4 Å². The van der Waals surface area contributed by atoms with Gasteiger partial charge >= 0.3 is 0 Å². The van der Waals surface area contributed by atoms with Gasteiger partial charge in [-0.25, -0.2) is 23.1 Å². The first kappa shape index (κ1) is 21.3. The van der Waals surface area contributed by atoms with Crippen molar-refractivity contribution in [3.05, 3.63) is 71.3 Å². The van der Waals surface area contributed by atoms with Crippen molar-refractivity contribution in [2.45, 2.75) is 13.3 Å². The first-order valence-electron chi connectivity index (χ1n) is 10.9. The number of fused-ring (bicyclic) bond motifs is 1. The minimum absolute atomic E-state index is 0.127. The fourth-order valence-electron chi connectivity index (χ4n) is 4.58. The zero-order valence-corrected chi connectivity index (χ0v) is 17.9. The molecule has 8 heteroatoms. The van der Waals surface area contributed by atoms with Crippen molar-refractivity contribution >= 4 is 5.95 Å². The third-order valence-corrected chi connectivity index (χ3v) is 6.60. The highest BCUT2D eigenvalue weighted by molar-refractivity contribution is 5.65. The molecule has 1 aromatic heterocycles. The topological polar surface area (TPSA) is 62.0 Å². The maximum atomic E-state index is 14.6. The first-order chi connectivity index (χ1) is 16.0. The van der Waals surface area contributed by atoms with Crippen LogP contribution in [0.3, 0.4) is 0 Å². The highest BCUT2D eigenvalue weighted by Crippen LogP contribution is 2.52. The minimum Gasteiger partial charge on any atom is -0.487 e. The van der Waals surface area contributed by atoms with E-state index >= 15 is 0 Å². The highest BCUT2D eigenvalue weighted by Gasteiger charge is 2.56. The van der Waals surface area contributed by atoms with E-state index in [9.17, 15) is 13.2 Å². The predicted octanol–water partition coefficient (Wildman–Crippen LogP) is 4.76. The fraction of sp³-hybridized carbons (Fsp3) is 0.320. The molecule has 1 aliphatic heterocycles. The molecule has 2 fully saturated rings. The second-order valence-electron chi connectivity index (χ2n) is 8.53. The van der Waals surface area contributed by atoms with Crippen LogP contribution in [-0.4, -0.2) is 29.7 Å². The Morgan fingerprint density at radius 1 is 1.00 bits per heavy atom. The van der Waals surface area contributed by atoms with Gasteiger partial charge in [0.2, 0.25) is 5.95 Å². The Hall–Kier alpha value is -3.60. The van der Waals surface area contributed by atoms with Gasteiger partial charge in [-0.1, -0.05) is 13.0 Å². The van der Waals surface area contributed by atoms with Crippen LogP contribution in [0.15, 0.2) is 42.7 Å². The van der Waals surface area contributed by atoms with Crippen LogP contribution >= 0.6 is 0 Å². The van der Waals surface area contributed by atoms with Crippen molar-refractivity contribution < 1.29 is 17.9 Å². The van der Waals surface area contributed by atoms with E-state index < -0.39 is 23.2 Å². The van der Waals surface area contributed by atoms with Crippen molar-refractivity contribution in [1.82, 2.24) is 9.97 Å². The number of rotatable bonds is 6. The summed E-state index contributed by atoms with van der Waals surface area (Å²) in [6.07, 6.45) is 4.58. The van der Waals surface area contributed by atoms with Gasteiger partial charge in [0.05, 0.1) is 12.2 Å². The quantitative estimate of drug-likeness (QED) is 0.542. The maximum Gasteiger partial charge on any atom is 0.225 e. The lowest BCUT2D eigenvalue weighted by atomic mass is 10.0. The number of anilines is 1. The van der Waals surface area contributed by atoms with Gasteiger partial charge in [-0.15, -0.1) is 0 Å². The molecule has 168 valence electrons. The predicted molar refractivity (Wildman–Crippen MR) is 116 cm³/mol. The van der Waals surface area contributed by atoms with Crippen LogP contribution in [0, 0.1) is 46.5 Å². The van der Waals surface area contributed by atoms with Crippen LogP contribution in [-0.2, 0) is 6.42 Å². The molecule has 0 N–H and O–H groups in total. The zero-order valence-electron chi connectivity index (χ0n) is 17.9. The monoisotopic (exact) mass is 450 g/mol. The maximum absolute atomic E-state index is 14.6. The summed E-state index contributed by atoms with van der Waals surface area (Å²) < 4.78 is 48.6. The van der Waals surface area contributed by atoms with Gasteiger partial charge in [-0.3, -0.25) is 0 Å². The van der Waals surface area contributed by atoms with Crippen molar-refractivity contribution in [2.24, 2.45) is 17.8 Å². The average molecular weight is 450 g/mol. The van der Waals surface area contributed by atoms with Crippen LogP contribution in [0.25, 0.3) is 11.1 Å². The number of hydrogen-bond donors (Lipinski definition) is 0. The lowest BCUT2D eigenvalue weighted by Gasteiger charge is -2.20. The highest BCUT2D eigenvalue weighted by atomic mass is 19.1. The van der Waals surface area contributed by atoms with E-state index in [0.717, 1.165) is 43.3 Å². The Bertz CT molecular complexity index is 1210. The molecule has 0 radical (unpaired) electrons. The van der Waals surface area contributed by atoms with Gasteiger partial charge < -0.3 is 9.64 Å². The normalized spacial score (nSPS) is 20.9. The van der Waals surface area contributed by atoms with E-state index in [0.29, 0.717) is 17.8 Å². The first-order valence-corrected chi connectivity index (χ1v) is 10.9. The van der Waals surface area contributed by atoms with Crippen molar-refractivity contribution in [3.63, 3.8) is 0 Å². The van der Waals surface area contributed by atoms with Crippen molar-refractivity contribution in [2.75, 3.05) is 24.6 Å². The molecule has 5 nitrogen and oxygen atoms in total. The van der Waals surface area contributed by atoms with Gasteiger partial charge in [-0.05, 0) is 59.2 Å². The van der Waals surface area contributed by atoms with Crippen LogP contribution in [0.1, 0.15) is 18.1 Å². The molecular formula is C25H21F3N4O. The Morgan fingerprint density at radius 2 is 1.64 bits per heavy atom. The molecule has 1 saturated heterocycles. The largest absolute Gasteiger partial charge is 0.487 e. The third-order valence-electron chi connectivity index (χ3n) is 6.60. The van der Waals surface area contributed by atoms with E-state index in [1.807, 2.05) is 12.4 Å². The van der Waals surface area contributed by atoms with Gasteiger partial charge in [0.15, 0.2) is 17.4 Å². The lowest BCUT2D eigenvalue weighted by Crippen LogP contribution is -2.27. The molecule has 2 aliphatic rings. The lowest BCUT2D eigenvalue weighted by molar-refractivity contribution is 0.257. The summed E-state index contributed by atoms with van der Waals surface area (Å²) in [7, 11) is 0. The number of aromatic nitrogens is 2. The van der Waals surface area contributed by atoms with E-state index in [1.165, 1.54) is 12.1 Å². The van der Waals surface area contributed by atoms with E-state index in [-0.39, 0.29) is 29.2 Å². The molecule has 0 bridgehead atoms. The zero-order chi connectivity index (χ0) is 23.1. The molecule has 3 aromatic rings. The Kier molecular flexibility index (Phi) is 5.41. The summed E-state index contributed by atoms with van der Waals surface area (Å²) in [4.78, 5) is 11.0. The van der Waals surface area contributed by atoms with Crippen LogP contribution < -0.4 is 9.64 Å². The molecule has 1 unspecified atom stereocenters. The smallest absolute Gasteiger partial charge is 0.225 e. The fourth-order valence-corrected chi connectivity index (χ4v) is 4.58. The number of nitrogens with zero attached hydrogens (tertiary/aromatic N) is 4. The Balaban J connectivity index is 1.21. The molecular weight excluding hydrogens is 429 g/mol. The van der Waals surface area contributed by atoms with Crippen molar-refractivity contribution in [3.8, 4) is 22.9 Å². The molecule has 1 saturated carbocycles. The third kappa shape index (κ3) is 3.99. The number of ether oxygens (including phenoxy) is 1. The molecule has 0 spiro atoms. The molecule has 2 heterocycles. The Labute approximate surface area is 189 Å². The van der Waals surface area contributed by atoms with Crippen LogP contribution in [0.5, 0.6) is 5.75 Å². The molecule has 33 heavy (non-hydrogen) atoms. The van der Waals surface area contributed by atoms with Crippen LogP contribution in [0.2, 0.25) is 0 Å². The molecule has 3 atom stereocenters. The Morgan fingerprint density at radius 3 is 2.21 bits per heavy atom. The number of halogens is 3. The molecule has 1 aliphatic carbocycles. The van der Waals surface area contributed by atoms with Gasteiger partial charge in [-0.2, -0.15) is 5.26 Å². The summed E-state index contributed by atoms with van der Waals surface area (Å²) in [5.41, 5.74) is 1.42. The minimum atomic E-state index is -0.841. The number of nitriles is 1. The standard InChI is InChI=1S/C25H21F3N4O/c1-2-14-9-30-25(31-10-14)32-11-18-19(12-32)20(18)13-33-24-22(27)6-17(7-23(24)28)15-3-4-16(8-29)21(26)5-15/h3-7,9-10,18-20H,2,11-13H2,1H3/t18-,19+,20?. The number of piperidine rings is 1. The SMILES string of the molecule is CCc1cnc(N2C[C@@H]3C(COc4c(F)cc(-c5ccc(C#N)c(F)c5)cc4F)[C@@H]3C2)nc1.